The van der Waals surface area contributed by atoms with Gasteiger partial charge < -0.3 is 23.8 Å². The number of anilines is 1. The monoisotopic (exact) mass is 776 g/mol. The predicted molar refractivity (Wildman–Crippen MR) is 207 cm³/mol. The molecule has 4 saturated heterocycles. The van der Waals surface area contributed by atoms with Gasteiger partial charge in [-0.25, -0.2) is 22.9 Å². The van der Waals surface area contributed by atoms with Gasteiger partial charge in [0.15, 0.2) is 12.6 Å². The zero-order valence-corrected chi connectivity index (χ0v) is 33.1. The smallest absolute Gasteiger partial charge is 0.410 e. The molecule has 4 aliphatic heterocycles. The molecule has 1 amide bonds. The number of nitrogens with zero attached hydrogens (tertiary/aromatic N) is 6. The second-order valence-electron chi connectivity index (χ2n) is 16.7. The molecule has 4 aliphatic rings. The molecule has 4 atom stereocenters. The van der Waals surface area contributed by atoms with Crippen LogP contribution in [-0.2, 0) is 22.3 Å². The number of pyridine rings is 1. The van der Waals surface area contributed by atoms with Crippen LogP contribution in [0.4, 0.5) is 23.8 Å². The number of fused-ring (bicyclic) bond motifs is 5. The van der Waals surface area contributed by atoms with Crippen LogP contribution in [0.3, 0.4) is 0 Å². The Morgan fingerprint density at radius 1 is 0.982 bits per heavy atom. The summed E-state index contributed by atoms with van der Waals surface area (Å²) in [5.74, 6) is -0.218. The summed E-state index contributed by atoms with van der Waals surface area (Å²) in [6, 6.07) is 6.21. The van der Waals surface area contributed by atoms with Crippen LogP contribution >= 0.6 is 0 Å². The molecule has 0 N–H and O–H groups in total. The molecule has 2 bridgehead atoms. The molecule has 14 heteroatoms. The Kier molecular flexibility index (Phi) is 10.2. The first-order valence-corrected chi connectivity index (χ1v) is 19.9. The largest absolute Gasteiger partial charge is 0.468 e. The first-order chi connectivity index (χ1) is 26.8. The van der Waals surface area contributed by atoms with Crippen molar-refractivity contribution in [3.05, 3.63) is 47.2 Å². The molecule has 300 valence electrons. The maximum Gasteiger partial charge on any atom is 0.410 e. The summed E-state index contributed by atoms with van der Waals surface area (Å²) in [6.07, 6.45) is 3.15. The Labute approximate surface area is 325 Å². The van der Waals surface area contributed by atoms with Gasteiger partial charge in [-0.05, 0) is 100 Å². The minimum atomic E-state index is -0.946. The number of methoxy groups -OCH3 is 1. The lowest BCUT2D eigenvalue weighted by molar-refractivity contribution is 0.0122. The Balaban J connectivity index is 1.28. The summed E-state index contributed by atoms with van der Waals surface area (Å²) in [4.78, 5) is 34.2. The van der Waals surface area contributed by atoms with Crippen LogP contribution in [0.1, 0.15) is 78.0 Å². The summed E-state index contributed by atoms with van der Waals surface area (Å²) >= 11 is 0. The third-order valence-electron chi connectivity index (χ3n) is 11.9. The second kappa shape index (κ2) is 14.8. The molecular weight excluding hydrogens is 725 g/mol. The lowest BCUT2D eigenvalue weighted by atomic mass is 9.94. The minimum absolute atomic E-state index is 0.00422. The van der Waals surface area contributed by atoms with E-state index in [1.807, 2.05) is 39.5 Å². The molecule has 8 rings (SSSR count). The van der Waals surface area contributed by atoms with E-state index in [1.165, 1.54) is 13.2 Å². The molecule has 0 spiro atoms. The fourth-order valence-corrected chi connectivity index (χ4v) is 9.50. The van der Waals surface area contributed by atoms with E-state index < -0.39 is 28.9 Å². The molecule has 0 unspecified atom stereocenters. The first-order valence-electron chi connectivity index (χ1n) is 19.9. The summed E-state index contributed by atoms with van der Waals surface area (Å²) in [5, 5.41) is 1.66. The normalized spacial score (nSPS) is 23.7. The molecule has 0 aliphatic carbocycles. The predicted octanol–water partition coefficient (Wildman–Crippen LogP) is 7.77. The highest BCUT2D eigenvalue weighted by Crippen LogP contribution is 2.44. The van der Waals surface area contributed by atoms with E-state index in [4.69, 9.17) is 33.9 Å². The van der Waals surface area contributed by atoms with Crippen molar-refractivity contribution in [2.75, 3.05) is 51.6 Å². The van der Waals surface area contributed by atoms with Crippen molar-refractivity contribution >= 4 is 33.6 Å². The van der Waals surface area contributed by atoms with Crippen molar-refractivity contribution in [1.82, 2.24) is 24.8 Å². The minimum Gasteiger partial charge on any atom is -0.468 e. The van der Waals surface area contributed by atoms with E-state index >= 15 is 8.78 Å². The molecule has 56 heavy (non-hydrogen) atoms. The number of aryl methyl sites for hydroxylation is 2. The van der Waals surface area contributed by atoms with Crippen molar-refractivity contribution in [1.29, 1.82) is 0 Å². The average Bonchev–Trinajstić information content (AvgIpc) is 3.78. The van der Waals surface area contributed by atoms with Gasteiger partial charge in [-0.15, -0.1) is 0 Å². The number of hydrogen-bond donors (Lipinski definition) is 0. The van der Waals surface area contributed by atoms with E-state index in [1.54, 1.807) is 18.2 Å². The fourth-order valence-electron chi connectivity index (χ4n) is 9.50. The van der Waals surface area contributed by atoms with Crippen molar-refractivity contribution in [3.8, 4) is 23.0 Å². The van der Waals surface area contributed by atoms with Crippen LogP contribution in [0.15, 0.2) is 24.3 Å². The molecule has 11 nitrogen and oxygen atoms in total. The van der Waals surface area contributed by atoms with E-state index in [-0.39, 0.29) is 48.8 Å². The Bertz CT molecular complexity index is 2150. The standard InChI is InChI=1S/C42H51F3N6O5/c1-7-29-31(44)13-10-24-16-28(55-23-53-6)17-30(33(24)29)36-35(45)37-34(32(8-2)46-36)38(48-39(47-37)54-22-42-14-9-15-50(42)19-25(43)18-42)49-20-26-11-12-27(21-49)51(26)40(52)56-41(3,4)5/h10,13,16-17,25-27H,7-9,11-12,14-15,18-23H2,1-6H3/t25-,26-,27+,42+/m1/s1. The van der Waals surface area contributed by atoms with Gasteiger partial charge in [0.05, 0.1) is 28.7 Å². The van der Waals surface area contributed by atoms with Crippen molar-refractivity contribution < 1.29 is 36.9 Å². The van der Waals surface area contributed by atoms with E-state index in [9.17, 15) is 9.18 Å². The maximum absolute atomic E-state index is 17.6. The second-order valence-corrected chi connectivity index (χ2v) is 16.7. The molecule has 0 saturated carbocycles. The van der Waals surface area contributed by atoms with Crippen LogP contribution in [0.2, 0.25) is 0 Å². The molecule has 2 aromatic carbocycles. The SMILES string of the molecule is CCc1c(F)ccc2cc(OCOC)cc(-c3nc(CC)c4c(N5C[C@H]6CC[C@@H](C5)N6C(=O)OC(C)(C)C)nc(OC[C@@]56CCCN5C[C@H](F)C6)nc4c3F)c12. The van der Waals surface area contributed by atoms with E-state index in [0.29, 0.717) is 83.4 Å². The van der Waals surface area contributed by atoms with Crippen LogP contribution < -0.4 is 14.4 Å². The van der Waals surface area contributed by atoms with E-state index in [0.717, 1.165) is 32.2 Å². The Morgan fingerprint density at radius 2 is 1.75 bits per heavy atom. The summed E-state index contributed by atoms with van der Waals surface area (Å²) < 4.78 is 71.0. The van der Waals surface area contributed by atoms with Gasteiger partial charge in [0.25, 0.3) is 0 Å². The highest BCUT2D eigenvalue weighted by Gasteiger charge is 2.50. The number of amides is 1. The van der Waals surface area contributed by atoms with Crippen LogP contribution in [0.25, 0.3) is 32.9 Å². The molecule has 4 aromatic rings. The zero-order chi connectivity index (χ0) is 39.5. The number of aromatic nitrogens is 3. The van der Waals surface area contributed by atoms with Crippen LogP contribution in [-0.4, -0.2) is 107 Å². The van der Waals surface area contributed by atoms with Crippen LogP contribution in [0.5, 0.6) is 11.8 Å². The number of rotatable bonds is 10. The molecule has 6 heterocycles. The van der Waals surface area contributed by atoms with Gasteiger partial charge in [0, 0.05) is 38.7 Å². The van der Waals surface area contributed by atoms with Crippen molar-refractivity contribution in [2.24, 2.45) is 0 Å². The third-order valence-corrected chi connectivity index (χ3v) is 11.9. The number of piperazine rings is 1. The number of carbonyl (C=O) groups is 1. The Morgan fingerprint density at radius 3 is 2.45 bits per heavy atom. The van der Waals surface area contributed by atoms with E-state index in [2.05, 4.69) is 9.80 Å². The maximum atomic E-state index is 17.6. The highest BCUT2D eigenvalue weighted by atomic mass is 19.1. The topological polar surface area (TPSA) is 102 Å². The van der Waals surface area contributed by atoms with Crippen molar-refractivity contribution in [2.45, 2.75) is 109 Å². The lowest BCUT2D eigenvalue weighted by Crippen LogP contribution is -2.57. The average molecular weight is 777 g/mol. The van der Waals surface area contributed by atoms with Gasteiger partial charge in [0.2, 0.25) is 0 Å². The molecular formula is C42H51F3N6O5. The first kappa shape index (κ1) is 38.4. The highest BCUT2D eigenvalue weighted by molar-refractivity contribution is 6.02. The summed E-state index contributed by atoms with van der Waals surface area (Å²) in [7, 11) is 1.51. The fraction of sp³-hybridized carbons (Fsp3) is 0.571. The molecule has 4 fully saturated rings. The number of alkyl halides is 1. The lowest BCUT2D eigenvalue weighted by Gasteiger charge is -2.42. The number of hydrogen-bond acceptors (Lipinski definition) is 10. The van der Waals surface area contributed by atoms with Gasteiger partial charge in [0.1, 0.15) is 47.0 Å². The van der Waals surface area contributed by atoms with Gasteiger partial charge in [-0.3, -0.25) is 9.80 Å². The third kappa shape index (κ3) is 6.86. The van der Waals surface area contributed by atoms with Gasteiger partial charge in [-0.1, -0.05) is 19.9 Å². The molecule has 2 aromatic heterocycles. The molecule has 0 radical (unpaired) electrons. The van der Waals surface area contributed by atoms with Crippen LogP contribution in [0, 0.1) is 11.6 Å². The van der Waals surface area contributed by atoms with Gasteiger partial charge in [-0.2, -0.15) is 9.97 Å². The van der Waals surface area contributed by atoms with Crippen molar-refractivity contribution in [3.63, 3.8) is 0 Å². The summed E-state index contributed by atoms with van der Waals surface area (Å²) in [6.45, 7) is 11.5. The number of ether oxygens (including phenoxy) is 4. The Hall–Kier alpha value is -4.43. The summed E-state index contributed by atoms with van der Waals surface area (Å²) in [5.41, 5.74) is 0.270. The number of benzene rings is 2. The zero-order valence-electron chi connectivity index (χ0n) is 33.1. The number of halogens is 3. The quantitative estimate of drug-likeness (QED) is 0.149. The van der Waals surface area contributed by atoms with Gasteiger partial charge >= 0.3 is 12.1 Å². The number of carbonyl (C=O) groups excluding carboxylic acids is 1.